The van der Waals surface area contributed by atoms with Crippen LogP contribution in [-0.2, 0) is 4.79 Å². The van der Waals surface area contributed by atoms with Crippen LogP contribution in [0.25, 0.3) is 5.69 Å². The highest BCUT2D eigenvalue weighted by Gasteiger charge is 2.10. The minimum Gasteiger partial charge on any atom is -0.478 e. The lowest BCUT2D eigenvalue weighted by Crippen LogP contribution is -2.16. The van der Waals surface area contributed by atoms with E-state index < -0.39 is 11.9 Å². The molecular formula is C17H16N4O3. The summed E-state index contributed by atoms with van der Waals surface area (Å²) >= 11 is 0. The summed E-state index contributed by atoms with van der Waals surface area (Å²) < 4.78 is 1.96. The third-order valence-electron chi connectivity index (χ3n) is 3.48. The van der Waals surface area contributed by atoms with Crippen molar-refractivity contribution in [1.82, 2.24) is 9.99 Å². The third kappa shape index (κ3) is 3.67. The highest BCUT2D eigenvalue weighted by atomic mass is 16.4. The predicted octanol–water partition coefficient (Wildman–Crippen LogP) is 2.16. The van der Waals surface area contributed by atoms with Crippen LogP contribution in [0.15, 0.2) is 35.4 Å². The number of aromatic nitrogens is 1. The van der Waals surface area contributed by atoms with E-state index >= 15 is 0 Å². The maximum absolute atomic E-state index is 11.2. The van der Waals surface area contributed by atoms with Crippen LogP contribution in [0.1, 0.15) is 33.7 Å². The van der Waals surface area contributed by atoms with Crippen molar-refractivity contribution in [2.75, 3.05) is 0 Å². The van der Waals surface area contributed by atoms with Gasteiger partial charge in [-0.3, -0.25) is 4.79 Å². The molecule has 7 nitrogen and oxygen atoms in total. The number of hydrogen-bond donors (Lipinski definition) is 2. The standard InChI is InChI=1S/C17H16N4O3/c1-11-9-14(10-19-20-16(22)7-8-18)12(2)21(11)15-5-3-13(4-6-15)17(23)24/h3-6,9-10H,7H2,1-2H3,(H,20,22)(H,23,24). The van der Waals surface area contributed by atoms with Gasteiger partial charge in [-0.05, 0) is 44.2 Å². The molecule has 0 radical (unpaired) electrons. The second kappa shape index (κ2) is 7.24. The monoisotopic (exact) mass is 324 g/mol. The van der Waals surface area contributed by atoms with E-state index in [0.29, 0.717) is 0 Å². The molecule has 1 heterocycles. The summed E-state index contributed by atoms with van der Waals surface area (Å²) in [7, 11) is 0. The van der Waals surface area contributed by atoms with Gasteiger partial charge in [-0.1, -0.05) is 0 Å². The largest absolute Gasteiger partial charge is 0.478 e. The fourth-order valence-electron chi connectivity index (χ4n) is 2.35. The summed E-state index contributed by atoms with van der Waals surface area (Å²) in [6.07, 6.45) is 1.27. The minimum absolute atomic E-state index is 0.225. The molecule has 0 saturated carbocycles. The Morgan fingerprint density at radius 1 is 1.33 bits per heavy atom. The number of aromatic carboxylic acids is 1. The number of hydrogen-bond acceptors (Lipinski definition) is 4. The number of nitrogens with zero attached hydrogens (tertiary/aromatic N) is 3. The number of amides is 1. The molecule has 0 spiro atoms. The number of benzene rings is 1. The molecule has 24 heavy (non-hydrogen) atoms. The molecule has 0 atom stereocenters. The van der Waals surface area contributed by atoms with Crippen LogP contribution in [-0.4, -0.2) is 27.8 Å². The van der Waals surface area contributed by atoms with Gasteiger partial charge < -0.3 is 9.67 Å². The Morgan fingerprint density at radius 2 is 2.00 bits per heavy atom. The zero-order valence-electron chi connectivity index (χ0n) is 13.3. The van der Waals surface area contributed by atoms with Crippen molar-refractivity contribution >= 4 is 18.1 Å². The Morgan fingerprint density at radius 3 is 2.58 bits per heavy atom. The van der Waals surface area contributed by atoms with Gasteiger partial charge in [0, 0.05) is 22.6 Å². The summed E-state index contributed by atoms with van der Waals surface area (Å²) in [5, 5.41) is 21.2. The van der Waals surface area contributed by atoms with Gasteiger partial charge in [-0.15, -0.1) is 0 Å². The number of nitriles is 1. The predicted molar refractivity (Wildman–Crippen MR) is 88.2 cm³/mol. The summed E-state index contributed by atoms with van der Waals surface area (Å²) in [5.74, 6) is -1.43. The van der Waals surface area contributed by atoms with E-state index in [1.54, 1.807) is 30.3 Å². The van der Waals surface area contributed by atoms with Crippen LogP contribution >= 0.6 is 0 Å². The van der Waals surface area contributed by atoms with Crippen LogP contribution in [0.3, 0.4) is 0 Å². The van der Waals surface area contributed by atoms with Gasteiger partial charge in [0.1, 0.15) is 6.42 Å². The molecule has 7 heteroatoms. The van der Waals surface area contributed by atoms with Gasteiger partial charge in [0.2, 0.25) is 0 Å². The molecule has 0 unspecified atom stereocenters. The van der Waals surface area contributed by atoms with Gasteiger partial charge in [0.05, 0.1) is 17.8 Å². The Bertz CT molecular complexity index is 842. The lowest BCUT2D eigenvalue weighted by Gasteiger charge is -2.09. The molecule has 2 rings (SSSR count). The van der Waals surface area contributed by atoms with E-state index in [9.17, 15) is 9.59 Å². The molecule has 122 valence electrons. The van der Waals surface area contributed by atoms with Crippen molar-refractivity contribution in [3.05, 3.63) is 52.8 Å². The van der Waals surface area contributed by atoms with E-state index in [4.69, 9.17) is 10.4 Å². The van der Waals surface area contributed by atoms with Crippen LogP contribution in [0.4, 0.5) is 0 Å². The first-order valence-corrected chi connectivity index (χ1v) is 7.15. The molecule has 0 aliphatic rings. The Labute approximate surface area is 138 Å². The van der Waals surface area contributed by atoms with Gasteiger partial charge in [0.25, 0.3) is 5.91 Å². The quantitative estimate of drug-likeness (QED) is 0.649. The average molecular weight is 324 g/mol. The number of nitrogens with one attached hydrogen (secondary N) is 1. The highest BCUT2D eigenvalue weighted by Crippen LogP contribution is 2.20. The molecule has 0 bridgehead atoms. The third-order valence-corrected chi connectivity index (χ3v) is 3.48. The fraction of sp³-hybridized carbons (Fsp3) is 0.176. The second-order valence-corrected chi connectivity index (χ2v) is 5.14. The first-order chi connectivity index (χ1) is 11.4. The van der Waals surface area contributed by atoms with Crippen molar-refractivity contribution in [1.29, 1.82) is 5.26 Å². The van der Waals surface area contributed by atoms with Crippen molar-refractivity contribution in [3.8, 4) is 11.8 Å². The number of aryl methyl sites for hydroxylation is 1. The molecule has 0 saturated heterocycles. The van der Waals surface area contributed by atoms with Gasteiger partial charge in [-0.2, -0.15) is 10.4 Å². The average Bonchev–Trinajstić information content (AvgIpc) is 2.82. The molecule has 1 amide bonds. The highest BCUT2D eigenvalue weighted by molar-refractivity contribution is 5.88. The normalized spacial score (nSPS) is 10.5. The summed E-state index contributed by atoms with van der Waals surface area (Å²) in [6, 6.07) is 10.2. The van der Waals surface area contributed by atoms with E-state index in [1.807, 2.05) is 24.5 Å². The van der Waals surface area contributed by atoms with Crippen molar-refractivity contribution < 1.29 is 14.7 Å². The van der Waals surface area contributed by atoms with E-state index in [-0.39, 0.29) is 12.0 Å². The second-order valence-electron chi connectivity index (χ2n) is 5.14. The number of carbonyl (C=O) groups excluding carboxylic acids is 1. The molecule has 1 aromatic heterocycles. The van der Waals surface area contributed by atoms with Gasteiger partial charge in [-0.25, -0.2) is 10.2 Å². The van der Waals surface area contributed by atoms with Gasteiger partial charge in [0.15, 0.2) is 0 Å². The maximum Gasteiger partial charge on any atom is 0.335 e. The summed E-state index contributed by atoms with van der Waals surface area (Å²) in [4.78, 5) is 22.1. The Balaban J connectivity index is 2.26. The zero-order chi connectivity index (χ0) is 17.7. The van der Waals surface area contributed by atoms with E-state index in [2.05, 4.69) is 10.5 Å². The summed E-state index contributed by atoms with van der Waals surface area (Å²) in [6.45, 7) is 3.82. The van der Waals surface area contributed by atoms with E-state index in [1.165, 1.54) is 6.21 Å². The number of carboxylic acid groups (broad SMARTS) is 1. The number of carbonyl (C=O) groups is 2. The number of hydrazone groups is 1. The number of carboxylic acids is 1. The Hall–Kier alpha value is -3.40. The number of rotatable bonds is 5. The molecular weight excluding hydrogens is 308 g/mol. The lowest BCUT2D eigenvalue weighted by atomic mass is 10.2. The maximum atomic E-state index is 11.2. The van der Waals surface area contributed by atoms with Gasteiger partial charge >= 0.3 is 5.97 Å². The zero-order valence-corrected chi connectivity index (χ0v) is 13.3. The molecule has 1 aromatic carbocycles. The molecule has 0 fully saturated rings. The molecule has 0 aliphatic carbocycles. The van der Waals surface area contributed by atoms with Crippen LogP contribution in [0, 0.1) is 25.2 Å². The summed E-state index contributed by atoms with van der Waals surface area (Å²) in [5.41, 5.74) is 6.00. The van der Waals surface area contributed by atoms with E-state index in [0.717, 1.165) is 22.6 Å². The Kier molecular flexibility index (Phi) is 5.12. The lowest BCUT2D eigenvalue weighted by molar-refractivity contribution is -0.120. The smallest absolute Gasteiger partial charge is 0.335 e. The van der Waals surface area contributed by atoms with Crippen LogP contribution in [0.5, 0.6) is 0 Å². The van der Waals surface area contributed by atoms with Crippen molar-refractivity contribution in [2.45, 2.75) is 20.3 Å². The minimum atomic E-state index is -0.969. The van der Waals surface area contributed by atoms with Crippen LogP contribution < -0.4 is 5.43 Å². The molecule has 2 aromatic rings. The molecule has 2 N–H and O–H groups in total. The topological polar surface area (TPSA) is 107 Å². The van der Waals surface area contributed by atoms with Crippen molar-refractivity contribution in [3.63, 3.8) is 0 Å². The molecule has 0 aliphatic heterocycles. The van der Waals surface area contributed by atoms with Crippen LogP contribution in [0.2, 0.25) is 0 Å². The first kappa shape index (κ1) is 17.0. The fourth-order valence-corrected chi connectivity index (χ4v) is 2.35. The first-order valence-electron chi connectivity index (χ1n) is 7.15. The SMILES string of the molecule is Cc1cc(C=NNC(=O)CC#N)c(C)n1-c1ccc(C(=O)O)cc1. The van der Waals surface area contributed by atoms with Crippen molar-refractivity contribution in [2.24, 2.45) is 5.10 Å².